The Kier molecular flexibility index (Phi) is 3.90. The first kappa shape index (κ1) is 10.2. The van der Waals surface area contributed by atoms with Crippen LogP contribution >= 0.6 is 0 Å². The van der Waals surface area contributed by atoms with Gasteiger partial charge in [0.1, 0.15) is 5.78 Å². The highest BCUT2D eigenvalue weighted by Gasteiger charge is 2.04. The summed E-state index contributed by atoms with van der Waals surface area (Å²) >= 11 is 0. The van der Waals surface area contributed by atoms with Crippen LogP contribution in [0.1, 0.15) is 19.8 Å². The maximum absolute atomic E-state index is 10.8. The summed E-state index contributed by atoms with van der Waals surface area (Å²) < 4.78 is 0. The maximum Gasteiger partial charge on any atom is 0.143 e. The second kappa shape index (κ2) is 4.97. The van der Waals surface area contributed by atoms with Crippen LogP contribution in [0.25, 0.3) is 0 Å². The largest absolute Gasteiger partial charge is 0.299 e. The lowest BCUT2D eigenvalue weighted by molar-refractivity contribution is -0.117. The van der Waals surface area contributed by atoms with E-state index in [2.05, 4.69) is 18.2 Å². The Morgan fingerprint density at radius 3 is 2.85 bits per heavy atom. The van der Waals surface area contributed by atoms with Gasteiger partial charge < -0.3 is 0 Å². The maximum atomic E-state index is 10.8. The third kappa shape index (κ3) is 4.04. The molecule has 1 rings (SSSR count). The monoisotopic (exact) mass is 179 g/mol. The van der Waals surface area contributed by atoms with E-state index in [1.807, 2.05) is 11.9 Å². The van der Waals surface area contributed by atoms with Crippen LogP contribution in [0.3, 0.4) is 0 Å². The van der Waals surface area contributed by atoms with Gasteiger partial charge in [-0.3, -0.25) is 9.69 Å². The van der Waals surface area contributed by atoms with Crippen LogP contribution in [0.15, 0.2) is 23.8 Å². The molecule has 72 valence electrons. The molecule has 0 atom stereocenters. The molecule has 0 heterocycles. The van der Waals surface area contributed by atoms with E-state index in [1.165, 1.54) is 5.57 Å². The molecular weight excluding hydrogens is 162 g/mol. The van der Waals surface area contributed by atoms with Crippen LogP contribution in [0.5, 0.6) is 0 Å². The third-order valence-electron chi connectivity index (χ3n) is 2.02. The van der Waals surface area contributed by atoms with Crippen molar-refractivity contribution in [3.05, 3.63) is 23.8 Å². The third-order valence-corrected chi connectivity index (χ3v) is 2.02. The standard InChI is InChI=1S/C11H17NO/c1-10(13)8-12(2)9-11-6-4-3-5-7-11/h4,6-7H,3,5,8-9H2,1-2H3. The predicted octanol–water partition coefficient (Wildman–Crippen LogP) is 1.78. The van der Waals surface area contributed by atoms with Crippen LogP contribution in [0.2, 0.25) is 0 Å². The topological polar surface area (TPSA) is 20.3 Å². The number of nitrogens with zero attached hydrogens (tertiary/aromatic N) is 1. The number of Topliss-reactive ketones (excluding diaryl/α,β-unsaturated/α-hetero) is 1. The molecule has 0 aromatic rings. The van der Waals surface area contributed by atoms with Crippen LogP contribution in [0, 0.1) is 0 Å². The van der Waals surface area contributed by atoms with Gasteiger partial charge in [0.25, 0.3) is 0 Å². The van der Waals surface area contributed by atoms with Gasteiger partial charge in [-0.1, -0.05) is 18.2 Å². The molecule has 1 aliphatic rings. The van der Waals surface area contributed by atoms with Gasteiger partial charge in [0.05, 0.1) is 6.54 Å². The summed E-state index contributed by atoms with van der Waals surface area (Å²) in [5, 5.41) is 0. The molecule has 0 radical (unpaired) electrons. The summed E-state index contributed by atoms with van der Waals surface area (Å²) in [6.45, 7) is 3.06. The number of hydrogen-bond acceptors (Lipinski definition) is 2. The molecule has 0 N–H and O–H groups in total. The fourth-order valence-electron chi connectivity index (χ4n) is 1.53. The van der Waals surface area contributed by atoms with Crippen molar-refractivity contribution in [2.45, 2.75) is 19.8 Å². The molecule has 0 spiro atoms. The molecule has 1 aliphatic carbocycles. The fraction of sp³-hybridized carbons (Fsp3) is 0.545. The zero-order valence-corrected chi connectivity index (χ0v) is 8.42. The zero-order valence-electron chi connectivity index (χ0n) is 8.42. The van der Waals surface area contributed by atoms with Crippen LogP contribution in [-0.2, 0) is 4.79 Å². The van der Waals surface area contributed by atoms with Crippen molar-refractivity contribution < 1.29 is 4.79 Å². The summed E-state index contributed by atoms with van der Waals surface area (Å²) in [5.41, 5.74) is 1.33. The number of carbonyl (C=O) groups is 1. The highest BCUT2D eigenvalue weighted by molar-refractivity contribution is 5.77. The Morgan fingerprint density at radius 2 is 2.31 bits per heavy atom. The Bertz CT molecular complexity index is 240. The number of rotatable bonds is 4. The molecule has 0 amide bonds. The second-order valence-electron chi connectivity index (χ2n) is 3.63. The average molecular weight is 179 g/mol. The molecule has 0 saturated carbocycles. The van der Waals surface area contributed by atoms with Crippen molar-refractivity contribution in [1.29, 1.82) is 0 Å². The number of allylic oxidation sites excluding steroid dienone is 2. The highest BCUT2D eigenvalue weighted by Crippen LogP contribution is 2.10. The van der Waals surface area contributed by atoms with E-state index in [4.69, 9.17) is 0 Å². The van der Waals surface area contributed by atoms with Gasteiger partial charge in [0.2, 0.25) is 0 Å². The van der Waals surface area contributed by atoms with E-state index in [0.717, 1.165) is 19.4 Å². The van der Waals surface area contributed by atoms with E-state index < -0.39 is 0 Å². The number of ketones is 1. The molecule has 0 fully saturated rings. The fourth-order valence-corrected chi connectivity index (χ4v) is 1.53. The first-order chi connectivity index (χ1) is 6.18. The van der Waals surface area contributed by atoms with Gasteiger partial charge in [-0.2, -0.15) is 0 Å². The SMILES string of the molecule is CC(=O)CN(C)CC1=CCCC=C1. The molecule has 2 nitrogen and oxygen atoms in total. The molecular formula is C11H17NO. The van der Waals surface area contributed by atoms with E-state index in [9.17, 15) is 4.79 Å². The van der Waals surface area contributed by atoms with E-state index in [0.29, 0.717) is 6.54 Å². The minimum Gasteiger partial charge on any atom is -0.299 e. The van der Waals surface area contributed by atoms with Crippen LogP contribution in [0.4, 0.5) is 0 Å². The van der Waals surface area contributed by atoms with Crippen molar-refractivity contribution in [1.82, 2.24) is 4.90 Å². The van der Waals surface area contributed by atoms with Crippen molar-refractivity contribution in [2.24, 2.45) is 0 Å². The first-order valence-corrected chi connectivity index (χ1v) is 4.72. The number of hydrogen-bond donors (Lipinski definition) is 0. The summed E-state index contributed by atoms with van der Waals surface area (Å²) in [7, 11) is 1.98. The molecule has 2 heteroatoms. The molecule has 0 unspecified atom stereocenters. The van der Waals surface area contributed by atoms with E-state index >= 15 is 0 Å². The van der Waals surface area contributed by atoms with Gasteiger partial charge >= 0.3 is 0 Å². The average Bonchev–Trinajstić information content (AvgIpc) is 2.04. The Hall–Kier alpha value is -0.890. The lowest BCUT2D eigenvalue weighted by atomic mass is 10.1. The molecule has 0 bridgehead atoms. The van der Waals surface area contributed by atoms with Gasteiger partial charge in [-0.05, 0) is 32.4 Å². The first-order valence-electron chi connectivity index (χ1n) is 4.72. The Labute approximate surface area is 79.9 Å². The molecule has 0 aromatic heterocycles. The molecule has 13 heavy (non-hydrogen) atoms. The highest BCUT2D eigenvalue weighted by atomic mass is 16.1. The normalized spacial score (nSPS) is 16.1. The van der Waals surface area contributed by atoms with Crippen molar-refractivity contribution >= 4 is 5.78 Å². The van der Waals surface area contributed by atoms with Crippen LogP contribution < -0.4 is 0 Å². The van der Waals surface area contributed by atoms with Gasteiger partial charge in [-0.25, -0.2) is 0 Å². The van der Waals surface area contributed by atoms with Crippen LogP contribution in [-0.4, -0.2) is 30.8 Å². The summed E-state index contributed by atoms with van der Waals surface area (Å²) in [6, 6.07) is 0. The Morgan fingerprint density at radius 1 is 1.54 bits per heavy atom. The minimum absolute atomic E-state index is 0.225. The van der Waals surface area contributed by atoms with E-state index in [-0.39, 0.29) is 5.78 Å². The quantitative estimate of drug-likeness (QED) is 0.655. The zero-order chi connectivity index (χ0) is 9.68. The molecule has 0 aliphatic heterocycles. The lowest BCUT2D eigenvalue weighted by Crippen LogP contribution is -2.26. The minimum atomic E-state index is 0.225. The van der Waals surface area contributed by atoms with Gasteiger partial charge in [0.15, 0.2) is 0 Å². The summed E-state index contributed by atoms with van der Waals surface area (Å²) in [4.78, 5) is 12.9. The lowest BCUT2D eigenvalue weighted by Gasteiger charge is -2.16. The number of likely N-dealkylation sites (N-methyl/N-ethyl adjacent to an activating group) is 1. The number of carbonyl (C=O) groups excluding carboxylic acids is 1. The molecule has 0 saturated heterocycles. The van der Waals surface area contributed by atoms with E-state index in [1.54, 1.807) is 6.92 Å². The van der Waals surface area contributed by atoms with Crippen molar-refractivity contribution in [3.8, 4) is 0 Å². The summed E-state index contributed by atoms with van der Waals surface area (Å²) in [5.74, 6) is 0.225. The predicted molar refractivity (Wildman–Crippen MR) is 54.6 cm³/mol. The second-order valence-corrected chi connectivity index (χ2v) is 3.63. The van der Waals surface area contributed by atoms with Gasteiger partial charge in [-0.15, -0.1) is 0 Å². The van der Waals surface area contributed by atoms with Crippen molar-refractivity contribution in [2.75, 3.05) is 20.1 Å². The van der Waals surface area contributed by atoms with Crippen molar-refractivity contribution in [3.63, 3.8) is 0 Å². The summed E-state index contributed by atoms with van der Waals surface area (Å²) in [6.07, 6.45) is 8.88. The smallest absolute Gasteiger partial charge is 0.143 e. The van der Waals surface area contributed by atoms with Gasteiger partial charge in [0, 0.05) is 6.54 Å². The Balaban J connectivity index is 2.35. The molecule has 0 aromatic carbocycles.